The van der Waals surface area contributed by atoms with Gasteiger partial charge < -0.3 is 19.9 Å². The molecule has 1 saturated heterocycles. The van der Waals surface area contributed by atoms with Crippen LogP contribution >= 0.6 is 11.5 Å². The van der Waals surface area contributed by atoms with Gasteiger partial charge in [0.25, 0.3) is 0 Å². The van der Waals surface area contributed by atoms with Crippen LogP contribution in [-0.4, -0.2) is 73.2 Å². The number of guanidine groups is 1. The van der Waals surface area contributed by atoms with Crippen LogP contribution in [0.3, 0.4) is 0 Å². The molecule has 8 heteroatoms. The number of hydrogen-bond donors (Lipinski definition) is 1. The van der Waals surface area contributed by atoms with E-state index in [9.17, 15) is 0 Å². The van der Waals surface area contributed by atoms with E-state index in [1.807, 2.05) is 14.0 Å². The van der Waals surface area contributed by atoms with E-state index >= 15 is 0 Å². The zero-order valence-electron chi connectivity index (χ0n) is 14.4. The van der Waals surface area contributed by atoms with Crippen molar-refractivity contribution in [2.24, 2.45) is 4.99 Å². The van der Waals surface area contributed by atoms with Crippen LogP contribution in [0, 0.1) is 0 Å². The second-order valence-electron chi connectivity index (χ2n) is 5.35. The average Bonchev–Trinajstić information content (AvgIpc) is 3.08. The van der Waals surface area contributed by atoms with Crippen molar-refractivity contribution >= 4 is 22.6 Å². The van der Waals surface area contributed by atoms with E-state index in [0.29, 0.717) is 0 Å². The normalized spacial score (nSPS) is 16.0. The second kappa shape index (κ2) is 9.67. The van der Waals surface area contributed by atoms with Crippen molar-refractivity contribution in [1.29, 1.82) is 0 Å². The first-order valence-corrected chi connectivity index (χ1v) is 9.16. The quantitative estimate of drug-likeness (QED) is 0.457. The molecule has 1 aromatic heterocycles. The molecule has 0 aromatic carbocycles. The molecule has 1 aromatic rings. The van der Waals surface area contributed by atoms with Gasteiger partial charge in [0.2, 0.25) is 5.13 Å². The van der Waals surface area contributed by atoms with Crippen molar-refractivity contribution in [3.63, 3.8) is 0 Å². The number of piperazine rings is 1. The summed E-state index contributed by atoms with van der Waals surface area (Å²) < 4.78 is 9.73. The van der Waals surface area contributed by atoms with Crippen LogP contribution in [0.25, 0.3) is 0 Å². The first-order chi connectivity index (χ1) is 11.3. The number of hydrogen-bond acceptors (Lipinski definition) is 6. The molecule has 0 spiro atoms. The van der Waals surface area contributed by atoms with E-state index in [-0.39, 0.29) is 0 Å². The molecule has 0 aliphatic carbocycles. The fourth-order valence-corrected chi connectivity index (χ4v) is 3.28. The minimum absolute atomic E-state index is 0.780. The Labute approximate surface area is 142 Å². The van der Waals surface area contributed by atoms with E-state index < -0.39 is 0 Å². The summed E-state index contributed by atoms with van der Waals surface area (Å²) in [6.07, 6.45) is 1.90. The van der Waals surface area contributed by atoms with Crippen LogP contribution in [0.2, 0.25) is 0 Å². The van der Waals surface area contributed by atoms with Gasteiger partial charge in [0.1, 0.15) is 5.82 Å². The lowest BCUT2D eigenvalue weighted by molar-refractivity contribution is 0.145. The summed E-state index contributed by atoms with van der Waals surface area (Å²) >= 11 is 1.50. The lowest BCUT2D eigenvalue weighted by atomic mass is 10.3. The molecular weight excluding hydrogens is 312 g/mol. The Morgan fingerprint density at radius 2 is 2.09 bits per heavy atom. The molecule has 0 atom stereocenters. The Morgan fingerprint density at radius 1 is 1.30 bits per heavy atom. The summed E-state index contributed by atoms with van der Waals surface area (Å²) in [5.41, 5.74) is 0. The third kappa shape index (κ3) is 5.31. The van der Waals surface area contributed by atoms with Crippen LogP contribution in [0.1, 0.15) is 26.1 Å². The SMILES string of the molecule is CCOCCCNC(=NC)N1CCN(c2nc(CC)ns2)CC1. The van der Waals surface area contributed by atoms with Crippen molar-refractivity contribution in [2.45, 2.75) is 26.7 Å². The van der Waals surface area contributed by atoms with Gasteiger partial charge in [-0.05, 0) is 13.3 Å². The Kier molecular flexibility index (Phi) is 7.54. The molecule has 2 heterocycles. The molecule has 1 fully saturated rings. The largest absolute Gasteiger partial charge is 0.382 e. The van der Waals surface area contributed by atoms with Crippen LogP contribution in [0.5, 0.6) is 0 Å². The molecule has 0 bridgehead atoms. The first kappa shape index (κ1) is 17.9. The highest BCUT2D eigenvalue weighted by Crippen LogP contribution is 2.19. The third-order valence-corrected chi connectivity index (χ3v) is 4.60. The minimum Gasteiger partial charge on any atom is -0.382 e. The molecule has 1 aliphatic rings. The van der Waals surface area contributed by atoms with Crippen LogP contribution in [0.15, 0.2) is 4.99 Å². The number of aliphatic imine (C=N–C) groups is 1. The molecule has 7 nitrogen and oxygen atoms in total. The van der Waals surface area contributed by atoms with Crippen LogP contribution in [0.4, 0.5) is 5.13 Å². The average molecular weight is 340 g/mol. The van der Waals surface area contributed by atoms with E-state index in [2.05, 4.69) is 36.4 Å². The Bertz CT molecular complexity index is 484. The smallest absolute Gasteiger partial charge is 0.205 e. The van der Waals surface area contributed by atoms with Gasteiger partial charge in [-0.15, -0.1) is 0 Å². The number of aromatic nitrogens is 2. The Hall–Kier alpha value is -1.41. The molecule has 0 saturated carbocycles. The molecule has 0 unspecified atom stereocenters. The summed E-state index contributed by atoms with van der Waals surface area (Å²) in [6.45, 7) is 10.4. The summed E-state index contributed by atoms with van der Waals surface area (Å²) in [6, 6.07) is 0. The lowest BCUT2D eigenvalue weighted by Gasteiger charge is -2.36. The fourth-order valence-electron chi connectivity index (χ4n) is 2.48. The maximum Gasteiger partial charge on any atom is 0.205 e. The van der Waals surface area contributed by atoms with Gasteiger partial charge in [0.05, 0.1) is 0 Å². The number of nitrogens with one attached hydrogen (secondary N) is 1. The van der Waals surface area contributed by atoms with Gasteiger partial charge in [-0.2, -0.15) is 4.37 Å². The van der Waals surface area contributed by atoms with E-state index in [1.165, 1.54) is 11.5 Å². The highest BCUT2D eigenvalue weighted by molar-refractivity contribution is 7.09. The van der Waals surface area contributed by atoms with Gasteiger partial charge in [0, 0.05) is 70.9 Å². The lowest BCUT2D eigenvalue weighted by Crippen LogP contribution is -2.52. The minimum atomic E-state index is 0.780. The summed E-state index contributed by atoms with van der Waals surface area (Å²) in [5.74, 6) is 1.92. The Balaban J connectivity index is 1.75. The maximum absolute atomic E-state index is 5.36. The second-order valence-corrected chi connectivity index (χ2v) is 6.08. The summed E-state index contributed by atoms with van der Waals surface area (Å²) in [7, 11) is 1.84. The molecular formula is C15H28N6OS. The highest BCUT2D eigenvalue weighted by atomic mass is 32.1. The first-order valence-electron chi connectivity index (χ1n) is 8.39. The maximum atomic E-state index is 5.36. The van der Waals surface area contributed by atoms with Crippen LogP contribution in [-0.2, 0) is 11.2 Å². The number of ether oxygens (including phenoxy) is 1. The number of nitrogens with zero attached hydrogens (tertiary/aromatic N) is 5. The number of anilines is 1. The number of aryl methyl sites for hydroxylation is 1. The summed E-state index contributed by atoms with van der Waals surface area (Å²) in [4.78, 5) is 13.6. The number of rotatable bonds is 7. The Morgan fingerprint density at radius 3 is 2.70 bits per heavy atom. The van der Waals surface area contributed by atoms with E-state index in [1.54, 1.807) is 0 Å². The third-order valence-electron chi connectivity index (χ3n) is 3.79. The molecule has 130 valence electrons. The van der Waals surface area contributed by atoms with Gasteiger partial charge in [-0.1, -0.05) is 6.92 Å². The summed E-state index contributed by atoms with van der Waals surface area (Å²) in [5, 5.41) is 4.46. The van der Waals surface area contributed by atoms with Gasteiger partial charge in [0.15, 0.2) is 5.96 Å². The van der Waals surface area contributed by atoms with Gasteiger partial charge in [-0.25, -0.2) is 4.98 Å². The highest BCUT2D eigenvalue weighted by Gasteiger charge is 2.21. The van der Waals surface area contributed by atoms with Crippen molar-refractivity contribution in [1.82, 2.24) is 19.6 Å². The predicted molar refractivity (Wildman–Crippen MR) is 95.5 cm³/mol. The predicted octanol–water partition coefficient (Wildman–Crippen LogP) is 1.22. The standard InChI is InChI=1S/C15H28N6OS/c1-4-13-18-15(23-19-13)21-10-8-20(9-11-21)14(16-3)17-7-6-12-22-5-2/h4-12H2,1-3H3,(H,16,17). The molecule has 1 aliphatic heterocycles. The zero-order chi connectivity index (χ0) is 16.5. The molecule has 1 N–H and O–H groups in total. The zero-order valence-corrected chi connectivity index (χ0v) is 15.2. The van der Waals surface area contributed by atoms with Crippen molar-refractivity contribution in [3.05, 3.63) is 5.82 Å². The van der Waals surface area contributed by atoms with Crippen molar-refractivity contribution in [3.8, 4) is 0 Å². The molecule has 0 amide bonds. The fraction of sp³-hybridized carbons (Fsp3) is 0.800. The van der Waals surface area contributed by atoms with Crippen molar-refractivity contribution < 1.29 is 4.74 Å². The molecule has 0 radical (unpaired) electrons. The molecule has 23 heavy (non-hydrogen) atoms. The van der Waals surface area contributed by atoms with Gasteiger partial charge in [-0.3, -0.25) is 4.99 Å². The van der Waals surface area contributed by atoms with E-state index in [4.69, 9.17) is 4.74 Å². The van der Waals surface area contributed by atoms with Crippen LogP contribution < -0.4 is 10.2 Å². The van der Waals surface area contributed by atoms with E-state index in [0.717, 1.165) is 75.7 Å². The molecule has 2 rings (SSSR count). The topological polar surface area (TPSA) is 65.9 Å². The van der Waals surface area contributed by atoms with Crippen molar-refractivity contribution in [2.75, 3.05) is 57.9 Å². The monoisotopic (exact) mass is 340 g/mol. The van der Waals surface area contributed by atoms with Gasteiger partial charge >= 0.3 is 0 Å².